The Kier molecular flexibility index (Phi) is 6.93. The first-order valence-electron chi connectivity index (χ1n) is 9.88. The van der Waals surface area contributed by atoms with E-state index in [1.807, 2.05) is 6.07 Å². The lowest BCUT2D eigenvalue weighted by Crippen LogP contribution is -2.51. The van der Waals surface area contributed by atoms with Crippen molar-refractivity contribution in [3.8, 4) is 6.07 Å². The molecule has 2 aromatic rings. The van der Waals surface area contributed by atoms with Crippen LogP contribution >= 0.6 is 11.8 Å². The Bertz CT molecular complexity index is 976. The molecule has 0 saturated heterocycles. The molecule has 1 saturated carbocycles. The molecule has 1 atom stereocenters. The first-order valence-corrected chi connectivity index (χ1v) is 10.8. The largest absolute Gasteiger partial charge is 0.383 e. The summed E-state index contributed by atoms with van der Waals surface area (Å²) in [7, 11) is 1.58. The van der Waals surface area contributed by atoms with E-state index in [9.17, 15) is 14.9 Å². The van der Waals surface area contributed by atoms with Crippen LogP contribution in [-0.2, 0) is 16.1 Å². The Morgan fingerprint density at radius 2 is 2.10 bits per heavy atom. The van der Waals surface area contributed by atoms with Crippen LogP contribution in [0.1, 0.15) is 39.0 Å². The fourth-order valence-corrected chi connectivity index (χ4v) is 4.52. The topological polar surface area (TPSA) is 97.0 Å². The summed E-state index contributed by atoms with van der Waals surface area (Å²) >= 11 is 1.23. The van der Waals surface area contributed by atoms with Crippen molar-refractivity contribution in [2.75, 3.05) is 13.7 Å². The maximum absolute atomic E-state index is 12.9. The summed E-state index contributed by atoms with van der Waals surface area (Å²) in [6.07, 6.45) is 4.34. The fourth-order valence-electron chi connectivity index (χ4n) is 3.59. The third-order valence-corrected chi connectivity index (χ3v) is 6.37. The first kappa shape index (κ1) is 21.3. The van der Waals surface area contributed by atoms with Crippen LogP contribution in [0.4, 0.5) is 0 Å². The average molecular weight is 415 g/mol. The summed E-state index contributed by atoms with van der Waals surface area (Å²) in [4.78, 5) is 30.4. The molecule has 0 radical (unpaired) electrons. The van der Waals surface area contributed by atoms with Gasteiger partial charge in [-0.3, -0.25) is 14.2 Å². The monoisotopic (exact) mass is 414 g/mol. The highest BCUT2D eigenvalue weighted by Crippen LogP contribution is 2.29. The molecule has 3 rings (SSSR count). The van der Waals surface area contributed by atoms with Crippen LogP contribution in [-0.4, -0.2) is 40.0 Å². The van der Waals surface area contributed by atoms with Gasteiger partial charge >= 0.3 is 0 Å². The van der Waals surface area contributed by atoms with E-state index < -0.39 is 10.8 Å². The van der Waals surface area contributed by atoms with Crippen molar-refractivity contribution in [1.29, 1.82) is 5.26 Å². The molecule has 1 aromatic heterocycles. The van der Waals surface area contributed by atoms with Crippen molar-refractivity contribution in [3.63, 3.8) is 0 Å². The molecule has 0 bridgehead atoms. The molecule has 8 heteroatoms. The Hall–Kier alpha value is -2.37. The number of hydrogen-bond donors (Lipinski definition) is 1. The number of nitrogens with zero attached hydrogens (tertiary/aromatic N) is 3. The second-order valence-electron chi connectivity index (χ2n) is 7.37. The second-order valence-corrected chi connectivity index (χ2v) is 8.67. The van der Waals surface area contributed by atoms with Gasteiger partial charge in [0, 0.05) is 7.11 Å². The number of ether oxygens (including phenoxy) is 1. The zero-order chi connectivity index (χ0) is 20.9. The molecule has 1 amide bonds. The molecule has 29 heavy (non-hydrogen) atoms. The van der Waals surface area contributed by atoms with Crippen molar-refractivity contribution >= 4 is 28.6 Å². The van der Waals surface area contributed by atoms with Gasteiger partial charge in [-0.05, 0) is 31.9 Å². The number of carbonyl (C=O) groups excluding carboxylic acids is 1. The van der Waals surface area contributed by atoms with Gasteiger partial charge in [-0.2, -0.15) is 5.26 Å². The van der Waals surface area contributed by atoms with E-state index in [0.29, 0.717) is 42.1 Å². The molecule has 0 aliphatic heterocycles. The van der Waals surface area contributed by atoms with Crippen molar-refractivity contribution in [2.24, 2.45) is 0 Å². The van der Waals surface area contributed by atoms with Crippen molar-refractivity contribution in [1.82, 2.24) is 14.9 Å². The van der Waals surface area contributed by atoms with E-state index in [1.165, 1.54) is 11.8 Å². The number of nitrogens with one attached hydrogen (secondary N) is 1. The van der Waals surface area contributed by atoms with Gasteiger partial charge in [0.2, 0.25) is 5.91 Å². The number of thioether (sulfide) groups is 1. The van der Waals surface area contributed by atoms with Gasteiger partial charge in [0.1, 0.15) is 5.54 Å². The molecule has 1 heterocycles. The van der Waals surface area contributed by atoms with E-state index >= 15 is 0 Å². The molecular formula is C21H26N4O3S. The molecule has 1 fully saturated rings. The summed E-state index contributed by atoms with van der Waals surface area (Å²) < 4.78 is 6.69. The Morgan fingerprint density at radius 1 is 1.38 bits per heavy atom. The summed E-state index contributed by atoms with van der Waals surface area (Å²) in [6.45, 7) is 2.49. The van der Waals surface area contributed by atoms with Crippen LogP contribution in [0.3, 0.4) is 0 Å². The number of rotatable bonds is 7. The van der Waals surface area contributed by atoms with Crippen LogP contribution in [0.15, 0.2) is 34.2 Å². The van der Waals surface area contributed by atoms with Crippen molar-refractivity contribution in [2.45, 2.75) is 61.5 Å². The van der Waals surface area contributed by atoms with Gasteiger partial charge in [0.05, 0.1) is 35.4 Å². The highest BCUT2D eigenvalue weighted by Gasteiger charge is 2.35. The van der Waals surface area contributed by atoms with Gasteiger partial charge in [0.15, 0.2) is 5.16 Å². The van der Waals surface area contributed by atoms with Gasteiger partial charge in [-0.1, -0.05) is 43.2 Å². The number of amides is 1. The Labute approximate surface area is 174 Å². The molecule has 7 nitrogen and oxygen atoms in total. The minimum atomic E-state index is -0.781. The quantitative estimate of drug-likeness (QED) is 0.553. The third kappa shape index (κ3) is 4.80. The average Bonchev–Trinajstić information content (AvgIpc) is 2.74. The lowest BCUT2D eigenvalue weighted by molar-refractivity contribution is -0.121. The van der Waals surface area contributed by atoms with E-state index in [0.717, 1.165) is 19.3 Å². The minimum absolute atomic E-state index is 0.150. The van der Waals surface area contributed by atoms with E-state index in [2.05, 4.69) is 16.4 Å². The van der Waals surface area contributed by atoms with Crippen molar-refractivity contribution in [3.05, 3.63) is 34.6 Å². The smallest absolute Gasteiger partial charge is 0.262 e. The Morgan fingerprint density at radius 3 is 2.79 bits per heavy atom. The molecule has 1 aliphatic rings. The molecule has 1 N–H and O–H groups in total. The number of aromatic nitrogens is 2. The molecular weight excluding hydrogens is 388 g/mol. The summed E-state index contributed by atoms with van der Waals surface area (Å²) in [6, 6.07) is 9.49. The van der Waals surface area contributed by atoms with Crippen LogP contribution < -0.4 is 10.9 Å². The lowest BCUT2D eigenvalue weighted by atomic mass is 9.83. The summed E-state index contributed by atoms with van der Waals surface area (Å²) in [5, 5.41) is 13.1. The lowest BCUT2D eigenvalue weighted by Gasteiger charge is -2.32. The molecule has 1 aromatic carbocycles. The van der Waals surface area contributed by atoms with Gasteiger partial charge < -0.3 is 10.1 Å². The highest BCUT2D eigenvalue weighted by atomic mass is 32.2. The standard InChI is InChI=1S/C21H26N4O3S/c1-15(18(26)24-21(14-22)10-6-3-7-11-21)29-20-23-17-9-5-4-8-16(17)19(27)25(20)12-13-28-2/h4-5,8-9,15H,3,6-7,10-13H2,1-2H3,(H,24,26). The number of methoxy groups -OCH3 is 1. The predicted octanol–water partition coefficient (Wildman–Crippen LogP) is 2.87. The normalized spacial score (nSPS) is 16.9. The van der Waals surface area contributed by atoms with E-state index in [1.54, 1.807) is 36.8 Å². The fraction of sp³-hybridized carbons (Fsp3) is 0.524. The zero-order valence-corrected chi connectivity index (χ0v) is 17.6. The van der Waals surface area contributed by atoms with Crippen LogP contribution in [0, 0.1) is 11.3 Å². The van der Waals surface area contributed by atoms with Gasteiger partial charge in [-0.25, -0.2) is 4.98 Å². The maximum Gasteiger partial charge on any atom is 0.262 e. The van der Waals surface area contributed by atoms with E-state index in [4.69, 9.17) is 4.74 Å². The second kappa shape index (κ2) is 9.42. The van der Waals surface area contributed by atoms with Crippen LogP contribution in [0.2, 0.25) is 0 Å². The maximum atomic E-state index is 12.9. The van der Waals surface area contributed by atoms with Gasteiger partial charge in [-0.15, -0.1) is 0 Å². The molecule has 0 spiro atoms. The summed E-state index contributed by atoms with van der Waals surface area (Å²) in [5.74, 6) is -0.209. The highest BCUT2D eigenvalue weighted by molar-refractivity contribution is 8.00. The zero-order valence-electron chi connectivity index (χ0n) is 16.8. The number of nitriles is 1. The molecule has 154 valence electrons. The predicted molar refractivity (Wildman–Crippen MR) is 113 cm³/mol. The van der Waals surface area contributed by atoms with Crippen molar-refractivity contribution < 1.29 is 9.53 Å². The number of fused-ring (bicyclic) bond motifs is 1. The minimum Gasteiger partial charge on any atom is -0.383 e. The Balaban J connectivity index is 1.85. The summed E-state index contributed by atoms with van der Waals surface area (Å²) in [5.41, 5.74) is -0.331. The number of benzene rings is 1. The van der Waals surface area contributed by atoms with Gasteiger partial charge in [0.25, 0.3) is 5.56 Å². The van der Waals surface area contributed by atoms with E-state index in [-0.39, 0.29) is 11.5 Å². The third-order valence-electron chi connectivity index (χ3n) is 5.28. The number of hydrogen-bond acceptors (Lipinski definition) is 6. The van der Waals surface area contributed by atoms with Crippen LogP contribution in [0.25, 0.3) is 10.9 Å². The SMILES string of the molecule is COCCn1c(SC(C)C(=O)NC2(C#N)CCCCC2)nc2ccccc2c1=O. The number of carbonyl (C=O) groups is 1. The first-order chi connectivity index (χ1) is 14.0. The van der Waals surface area contributed by atoms with Crippen LogP contribution in [0.5, 0.6) is 0 Å². The molecule has 1 aliphatic carbocycles. The number of para-hydroxylation sites is 1. The molecule has 1 unspecified atom stereocenters.